The number of aryl methyl sites for hydroxylation is 1. The highest BCUT2D eigenvalue weighted by molar-refractivity contribution is 7.17. The van der Waals surface area contributed by atoms with Crippen molar-refractivity contribution in [2.24, 2.45) is 0 Å². The van der Waals surface area contributed by atoms with Crippen LogP contribution in [-0.4, -0.2) is 10.9 Å². The predicted molar refractivity (Wildman–Crippen MR) is 96.4 cm³/mol. The Morgan fingerprint density at radius 1 is 1.25 bits per heavy atom. The van der Waals surface area contributed by atoms with Gasteiger partial charge in [-0.15, -0.1) is 11.3 Å². The number of thiazole rings is 1. The number of aromatic nitrogens is 1. The molecule has 1 heterocycles. The van der Waals surface area contributed by atoms with Crippen LogP contribution in [0.5, 0.6) is 0 Å². The van der Waals surface area contributed by atoms with Crippen molar-refractivity contribution in [3.8, 4) is 16.6 Å². The van der Waals surface area contributed by atoms with Crippen molar-refractivity contribution in [1.82, 2.24) is 4.98 Å². The van der Waals surface area contributed by atoms with Gasteiger partial charge in [0.05, 0.1) is 17.3 Å². The van der Waals surface area contributed by atoms with Crippen molar-refractivity contribution in [2.45, 2.75) is 6.92 Å². The summed E-state index contributed by atoms with van der Waals surface area (Å²) in [6.45, 7) is 1.80. The molecule has 1 aromatic heterocycles. The fraction of sp³-hybridized carbons (Fsp3) is 0.0556. The second-order valence-corrected chi connectivity index (χ2v) is 6.52. The fourth-order valence-electron chi connectivity index (χ4n) is 2.18. The van der Waals surface area contributed by atoms with Gasteiger partial charge in [-0.2, -0.15) is 5.26 Å². The smallest absolute Gasteiger partial charge is 0.267 e. The maximum absolute atomic E-state index is 12.5. The van der Waals surface area contributed by atoms with Gasteiger partial charge in [0.2, 0.25) is 0 Å². The summed E-state index contributed by atoms with van der Waals surface area (Å²) in [6.07, 6.45) is 0. The molecule has 0 bridgehead atoms. The summed E-state index contributed by atoms with van der Waals surface area (Å²) < 4.78 is 0. The third kappa shape index (κ3) is 3.46. The average Bonchev–Trinajstić information content (AvgIpc) is 2.97. The molecule has 0 fully saturated rings. The molecule has 0 spiro atoms. The Balaban J connectivity index is 1.85. The van der Waals surface area contributed by atoms with Crippen molar-refractivity contribution >= 4 is 34.5 Å². The highest BCUT2D eigenvalue weighted by Gasteiger charge is 2.16. The molecule has 0 aliphatic carbocycles. The summed E-state index contributed by atoms with van der Waals surface area (Å²) >= 11 is 7.22. The maximum atomic E-state index is 12.5. The molecule has 0 saturated carbocycles. The van der Waals surface area contributed by atoms with Crippen LogP contribution in [0, 0.1) is 18.3 Å². The summed E-state index contributed by atoms with van der Waals surface area (Å²) in [4.78, 5) is 17.5. The number of nitriles is 1. The average molecular weight is 354 g/mol. The maximum Gasteiger partial charge on any atom is 0.267 e. The fourth-order valence-corrected chi connectivity index (χ4v) is 3.27. The van der Waals surface area contributed by atoms with Crippen LogP contribution < -0.4 is 5.32 Å². The van der Waals surface area contributed by atoms with E-state index < -0.39 is 0 Å². The summed E-state index contributed by atoms with van der Waals surface area (Å²) in [7, 11) is 0. The minimum Gasteiger partial charge on any atom is -0.321 e. The summed E-state index contributed by atoms with van der Waals surface area (Å²) in [5.41, 5.74) is 2.66. The molecule has 3 rings (SSSR count). The Morgan fingerprint density at radius 2 is 2.00 bits per heavy atom. The second-order valence-electron chi connectivity index (χ2n) is 5.09. The van der Waals surface area contributed by atoms with E-state index in [2.05, 4.69) is 16.4 Å². The van der Waals surface area contributed by atoms with E-state index in [1.54, 1.807) is 43.3 Å². The van der Waals surface area contributed by atoms with Gasteiger partial charge in [-0.3, -0.25) is 4.79 Å². The van der Waals surface area contributed by atoms with Crippen LogP contribution in [0.1, 0.15) is 20.9 Å². The van der Waals surface area contributed by atoms with E-state index in [1.165, 1.54) is 11.3 Å². The van der Waals surface area contributed by atoms with E-state index >= 15 is 0 Å². The zero-order valence-electron chi connectivity index (χ0n) is 12.7. The Bertz CT molecular complexity index is 942. The van der Waals surface area contributed by atoms with E-state index in [4.69, 9.17) is 16.9 Å². The molecule has 0 aliphatic rings. The second kappa shape index (κ2) is 6.83. The SMILES string of the molecule is Cc1nc(-c2ccc(Cl)cc2)sc1C(=O)Nc1cccc(C#N)c1. The van der Waals surface area contributed by atoms with Crippen molar-refractivity contribution in [1.29, 1.82) is 5.26 Å². The first kappa shape index (κ1) is 16.2. The Labute approximate surface area is 148 Å². The highest BCUT2D eigenvalue weighted by atomic mass is 35.5. The van der Waals surface area contributed by atoms with Gasteiger partial charge in [-0.1, -0.05) is 29.8 Å². The van der Waals surface area contributed by atoms with Crippen LogP contribution in [0.4, 0.5) is 5.69 Å². The Hall–Kier alpha value is -2.68. The van der Waals surface area contributed by atoms with E-state index in [0.29, 0.717) is 26.8 Å². The number of amides is 1. The minimum atomic E-state index is -0.236. The highest BCUT2D eigenvalue weighted by Crippen LogP contribution is 2.29. The molecule has 0 saturated heterocycles. The van der Waals surface area contributed by atoms with Crippen molar-refractivity contribution < 1.29 is 4.79 Å². The first-order chi connectivity index (χ1) is 11.6. The molecule has 1 N–H and O–H groups in total. The summed E-state index contributed by atoms with van der Waals surface area (Å²) in [5.74, 6) is -0.236. The zero-order chi connectivity index (χ0) is 17.1. The Kier molecular flexibility index (Phi) is 4.61. The molecule has 0 radical (unpaired) electrons. The first-order valence-corrected chi connectivity index (χ1v) is 8.31. The van der Waals surface area contributed by atoms with E-state index in [9.17, 15) is 4.79 Å². The minimum absolute atomic E-state index is 0.236. The summed E-state index contributed by atoms with van der Waals surface area (Å²) in [5, 5.41) is 13.2. The molecule has 118 valence electrons. The molecular formula is C18H12ClN3OS. The number of nitrogens with zero attached hydrogens (tertiary/aromatic N) is 2. The standard InChI is InChI=1S/C18H12ClN3OS/c1-11-16(17(23)22-15-4-2-3-12(9-15)10-20)24-18(21-11)13-5-7-14(19)8-6-13/h2-9H,1H3,(H,22,23). The topological polar surface area (TPSA) is 65.8 Å². The molecule has 6 heteroatoms. The molecule has 0 atom stereocenters. The number of benzene rings is 2. The van der Waals surface area contributed by atoms with Gasteiger partial charge in [0.15, 0.2) is 0 Å². The lowest BCUT2D eigenvalue weighted by molar-refractivity contribution is 0.103. The predicted octanol–water partition coefficient (Wildman–Crippen LogP) is 4.90. The number of halogens is 1. The third-order valence-corrected chi connectivity index (χ3v) is 4.80. The molecule has 1 amide bonds. The lowest BCUT2D eigenvalue weighted by Gasteiger charge is -2.04. The lowest BCUT2D eigenvalue weighted by Crippen LogP contribution is -2.11. The largest absolute Gasteiger partial charge is 0.321 e. The van der Waals surface area contributed by atoms with Crippen LogP contribution in [0.15, 0.2) is 48.5 Å². The molecule has 0 aliphatic heterocycles. The normalized spacial score (nSPS) is 10.2. The third-order valence-electron chi connectivity index (χ3n) is 3.34. The van der Waals surface area contributed by atoms with Gasteiger partial charge in [0.1, 0.15) is 9.88 Å². The van der Waals surface area contributed by atoms with Crippen molar-refractivity contribution in [2.75, 3.05) is 5.32 Å². The van der Waals surface area contributed by atoms with Crippen LogP contribution in [0.3, 0.4) is 0 Å². The molecule has 2 aromatic carbocycles. The van der Waals surface area contributed by atoms with Crippen LogP contribution >= 0.6 is 22.9 Å². The van der Waals surface area contributed by atoms with E-state index in [0.717, 1.165) is 10.6 Å². The molecule has 24 heavy (non-hydrogen) atoms. The van der Waals surface area contributed by atoms with Gasteiger partial charge >= 0.3 is 0 Å². The first-order valence-electron chi connectivity index (χ1n) is 7.11. The quantitative estimate of drug-likeness (QED) is 0.728. The monoisotopic (exact) mass is 353 g/mol. The number of hydrogen-bond acceptors (Lipinski definition) is 4. The molecule has 0 unspecified atom stereocenters. The zero-order valence-corrected chi connectivity index (χ0v) is 14.3. The van der Waals surface area contributed by atoms with Gasteiger partial charge < -0.3 is 5.32 Å². The van der Waals surface area contributed by atoms with Crippen molar-refractivity contribution in [3.05, 3.63) is 69.7 Å². The number of carbonyl (C=O) groups is 1. The van der Waals surface area contributed by atoms with E-state index in [1.807, 2.05) is 12.1 Å². The lowest BCUT2D eigenvalue weighted by atomic mass is 10.2. The number of rotatable bonds is 3. The van der Waals surface area contributed by atoms with Crippen LogP contribution in [0.25, 0.3) is 10.6 Å². The number of hydrogen-bond donors (Lipinski definition) is 1. The van der Waals surface area contributed by atoms with Gasteiger partial charge in [-0.25, -0.2) is 4.98 Å². The van der Waals surface area contributed by atoms with Crippen LogP contribution in [-0.2, 0) is 0 Å². The molecule has 4 nitrogen and oxygen atoms in total. The van der Waals surface area contributed by atoms with Crippen molar-refractivity contribution in [3.63, 3.8) is 0 Å². The number of anilines is 1. The van der Waals surface area contributed by atoms with Crippen LogP contribution in [0.2, 0.25) is 5.02 Å². The number of nitrogens with one attached hydrogen (secondary N) is 1. The van der Waals surface area contributed by atoms with E-state index in [-0.39, 0.29) is 5.91 Å². The van der Waals surface area contributed by atoms with Gasteiger partial charge in [-0.05, 0) is 37.3 Å². The molecule has 3 aromatic rings. The Morgan fingerprint density at radius 3 is 2.71 bits per heavy atom. The van der Waals surface area contributed by atoms with Gasteiger partial charge in [0, 0.05) is 16.3 Å². The van der Waals surface area contributed by atoms with Gasteiger partial charge in [0.25, 0.3) is 5.91 Å². The summed E-state index contributed by atoms with van der Waals surface area (Å²) in [6, 6.07) is 16.2. The number of carbonyl (C=O) groups excluding carboxylic acids is 1. The molecular weight excluding hydrogens is 342 g/mol.